The van der Waals surface area contributed by atoms with Gasteiger partial charge in [0.2, 0.25) is 5.13 Å². The van der Waals surface area contributed by atoms with Crippen LogP contribution in [-0.4, -0.2) is 29.9 Å². The summed E-state index contributed by atoms with van der Waals surface area (Å²) in [5, 5.41) is 0.407. The average Bonchev–Trinajstić information content (AvgIpc) is 2.84. The molecular weight excluding hydrogens is 310 g/mol. The molecule has 0 aliphatic heterocycles. The largest absolute Gasteiger partial charge is 0.269 e. The summed E-state index contributed by atoms with van der Waals surface area (Å²) in [5.41, 5.74) is 0.503. The van der Waals surface area contributed by atoms with Crippen molar-refractivity contribution in [3.8, 4) is 0 Å². The van der Waals surface area contributed by atoms with Gasteiger partial charge in [0.15, 0.2) is 9.84 Å². The van der Waals surface area contributed by atoms with Crippen molar-refractivity contribution in [3.05, 3.63) is 42.7 Å². The summed E-state index contributed by atoms with van der Waals surface area (Å²) in [6.45, 7) is 5.19. The Morgan fingerprint density at radius 2 is 1.95 bits per heavy atom. The maximum Gasteiger partial charge on any atom is 0.256 e. The number of aromatic nitrogens is 2. The third-order valence-electron chi connectivity index (χ3n) is 2.63. The van der Waals surface area contributed by atoms with E-state index in [0.29, 0.717) is 16.6 Å². The second kappa shape index (κ2) is 5.74. The van der Waals surface area contributed by atoms with Crippen LogP contribution in [0.4, 0.5) is 10.8 Å². The molecule has 0 bridgehead atoms. The minimum Gasteiger partial charge on any atom is -0.269 e. The Morgan fingerprint density at radius 3 is 2.38 bits per heavy atom. The molecule has 2 rings (SSSR count). The quantitative estimate of drug-likeness (QED) is 0.805. The molecule has 1 aromatic heterocycles. The molecule has 1 amide bonds. The zero-order chi connectivity index (χ0) is 15.6. The molecule has 0 spiro atoms. The summed E-state index contributed by atoms with van der Waals surface area (Å²) in [6, 6.07) is 5.99. The van der Waals surface area contributed by atoms with Gasteiger partial charge in [-0.15, -0.1) is 0 Å². The van der Waals surface area contributed by atoms with Crippen LogP contribution in [-0.2, 0) is 14.6 Å². The lowest BCUT2D eigenvalue weighted by atomic mass is 10.3. The minimum absolute atomic E-state index is 0.186. The average molecular weight is 323 g/mol. The maximum absolute atomic E-state index is 12.0. The molecule has 0 fully saturated rings. The molecule has 0 saturated heterocycles. The van der Waals surface area contributed by atoms with Gasteiger partial charge in [-0.1, -0.05) is 6.58 Å². The number of hydrogen-bond acceptors (Lipinski definition) is 6. The molecule has 1 heterocycles. The van der Waals surface area contributed by atoms with Crippen LogP contribution in [0.15, 0.2) is 41.8 Å². The molecule has 2 aromatic rings. The molecule has 6 nitrogen and oxygen atoms in total. The van der Waals surface area contributed by atoms with E-state index in [1.54, 1.807) is 19.1 Å². The predicted octanol–water partition coefficient (Wildman–Crippen LogP) is 2.10. The first-order chi connectivity index (χ1) is 9.82. The molecule has 0 saturated carbocycles. The first-order valence-corrected chi connectivity index (χ1v) is 8.56. The van der Waals surface area contributed by atoms with Crippen LogP contribution in [0.2, 0.25) is 0 Å². The monoisotopic (exact) mass is 323 g/mol. The fraction of sp³-hybridized carbons (Fsp3) is 0.154. The van der Waals surface area contributed by atoms with Crippen molar-refractivity contribution < 1.29 is 13.2 Å². The Labute approximate surface area is 126 Å². The highest BCUT2D eigenvalue weighted by Crippen LogP contribution is 2.28. The number of sulfone groups is 1. The fourth-order valence-corrected chi connectivity index (χ4v) is 2.98. The van der Waals surface area contributed by atoms with Crippen molar-refractivity contribution in [2.75, 3.05) is 11.2 Å². The molecular formula is C13H13N3O3S2. The molecule has 0 radical (unpaired) electrons. The van der Waals surface area contributed by atoms with Gasteiger partial charge in [0.05, 0.1) is 10.6 Å². The van der Waals surface area contributed by atoms with Crippen LogP contribution in [0.3, 0.4) is 0 Å². The van der Waals surface area contributed by atoms with E-state index in [0.717, 1.165) is 17.8 Å². The second-order valence-corrected chi connectivity index (χ2v) is 7.01. The highest BCUT2D eigenvalue weighted by molar-refractivity contribution is 7.90. The van der Waals surface area contributed by atoms with Crippen LogP contribution in [0, 0.1) is 6.92 Å². The highest BCUT2D eigenvalue weighted by Gasteiger charge is 2.20. The topological polar surface area (TPSA) is 80.2 Å². The molecule has 0 N–H and O–H groups in total. The molecule has 0 aliphatic rings. The summed E-state index contributed by atoms with van der Waals surface area (Å²) in [5.74, 6) is 0.197. The highest BCUT2D eigenvalue weighted by atomic mass is 32.2. The van der Waals surface area contributed by atoms with Gasteiger partial charge >= 0.3 is 0 Å². The summed E-state index contributed by atoms with van der Waals surface area (Å²) in [7, 11) is -3.28. The van der Waals surface area contributed by atoms with E-state index >= 15 is 0 Å². The Balaban J connectivity index is 2.47. The lowest BCUT2D eigenvalue weighted by Gasteiger charge is -2.17. The number of nitrogens with zero attached hydrogens (tertiary/aromatic N) is 3. The Hall–Kier alpha value is -2.06. The number of carbonyl (C=O) groups is 1. The summed E-state index contributed by atoms with van der Waals surface area (Å²) in [6.07, 6.45) is 2.30. The van der Waals surface area contributed by atoms with Crippen molar-refractivity contribution in [2.24, 2.45) is 0 Å². The van der Waals surface area contributed by atoms with Crippen LogP contribution in [0.5, 0.6) is 0 Å². The fourth-order valence-electron chi connectivity index (χ4n) is 1.64. The number of amides is 1. The van der Waals surface area contributed by atoms with E-state index in [2.05, 4.69) is 15.9 Å². The van der Waals surface area contributed by atoms with Crippen molar-refractivity contribution in [1.82, 2.24) is 9.36 Å². The maximum atomic E-state index is 12.0. The van der Waals surface area contributed by atoms with E-state index < -0.39 is 9.84 Å². The van der Waals surface area contributed by atoms with Gasteiger partial charge in [-0.05, 0) is 37.3 Å². The molecule has 110 valence electrons. The van der Waals surface area contributed by atoms with Crippen molar-refractivity contribution in [1.29, 1.82) is 0 Å². The summed E-state index contributed by atoms with van der Waals surface area (Å²) < 4.78 is 27.0. The van der Waals surface area contributed by atoms with Gasteiger partial charge in [0.25, 0.3) is 5.91 Å². The van der Waals surface area contributed by atoms with Crippen LogP contribution in [0.1, 0.15) is 5.82 Å². The number of anilines is 2. The predicted molar refractivity (Wildman–Crippen MR) is 81.5 cm³/mol. The minimum atomic E-state index is -3.28. The Kier molecular flexibility index (Phi) is 4.19. The van der Waals surface area contributed by atoms with Crippen LogP contribution < -0.4 is 4.90 Å². The zero-order valence-corrected chi connectivity index (χ0v) is 13.1. The molecule has 0 unspecified atom stereocenters. The third-order valence-corrected chi connectivity index (χ3v) is 4.55. The van der Waals surface area contributed by atoms with Gasteiger partial charge in [0, 0.05) is 17.8 Å². The van der Waals surface area contributed by atoms with E-state index in [1.807, 2.05) is 0 Å². The molecule has 8 heteroatoms. The van der Waals surface area contributed by atoms with E-state index in [9.17, 15) is 13.2 Å². The first kappa shape index (κ1) is 15.3. The van der Waals surface area contributed by atoms with Crippen LogP contribution in [0.25, 0.3) is 0 Å². The Morgan fingerprint density at radius 1 is 1.33 bits per heavy atom. The van der Waals surface area contributed by atoms with E-state index in [-0.39, 0.29) is 10.8 Å². The number of hydrogen-bond donors (Lipinski definition) is 0. The van der Waals surface area contributed by atoms with Gasteiger partial charge in [-0.2, -0.15) is 4.37 Å². The van der Waals surface area contributed by atoms with Gasteiger partial charge in [-0.3, -0.25) is 9.69 Å². The third kappa shape index (κ3) is 3.34. The summed E-state index contributed by atoms with van der Waals surface area (Å²) >= 11 is 1.08. The molecule has 21 heavy (non-hydrogen) atoms. The van der Waals surface area contributed by atoms with E-state index in [1.165, 1.54) is 23.1 Å². The molecule has 1 aromatic carbocycles. The SMILES string of the molecule is C=CC(=O)N(c1ccc(S(C)(=O)=O)cc1)c1nc(C)ns1. The number of carbonyl (C=O) groups excluding carboxylic acids is 1. The van der Waals surface area contributed by atoms with E-state index in [4.69, 9.17) is 0 Å². The molecule has 0 aliphatic carbocycles. The first-order valence-electron chi connectivity index (χ1n) is 5.90. The van der Waals surface area contributed by atoms with Gasteiger partial charge < -0.3 is 0 Å². The van der Waals surface area contributed by atoms with Crippen LogP contribution >= 0.6 is 11.5 Å². The number of benzene rings is 1. The van der Waals surface area contributed by atoms with Gasteiger partial charge in [0.1, 0.15) is 5.82 Å². The Bertz CT molecular complexity index is 779. The lowest BCUT2D eigenvalue weighted by Crippen LogP contribution is -2.23. The smallest absolute Gasteiger partial charge is 0.256 e. The summed E-state index contributed by atoms with van der Waals surface area (Å²) in [4.78, 5) is 17.7. The molecule has 0 atom stereocenters. The van der Waals surface area contributed by atoms with Crippen molar-refractivity contribution in [2.45, 2.75) is 11.8 Å². The second-order valence-electron chi connectivity index (χ2n) is 4.27. The number of aryl methyl sites for hydroxylation is 1. The lowest BCUT2D eigenvalue weighted by molar-refractivity contribution is -0.113. The van der Waals surface area contributed by atoms with Crippen molar-refractivity contribution >= 4 is 38.1 Å². The van der Waals surface area contributed by atoms with Gasteiger partial charge in [-0.25, -0.2) is 13.4 Å². The van der Waals surface area contributed by atoms with Crippen molar-refractivity contribution in [3.63, 3.8) is 0 Å². The standard InChI is InChI=1S/C13H13N3O3S2/c1-4-12(17)16(13-14-9(2)15-20-13)10-5-7-11(8-6-10)21(3,18)19/h4-8H,1H2,2-3H3. The zero-order valence-electron chi connectivity index (χ0n) is 11.5. The normalized spacial score (nSPS) is 11.1. The number of rotatable bonds is 4.